The van der Waals surface area contributed by atoms with E-state index in [0.29, 0.717) is 34.8 Å². The number of hydrogen-bond acceptors (Lipinski definition) is 4. The van der Waals surface area contributed by atoms with E-state index in [-0.39, 0.29) is 0 Å². The van der Waals surface area contributed by atoms with E-state index >= 15 is 0 Å². The van der Waals surface area contributed by atoms with Crippen LogP contribution < -0.4 is 5.32 Å². The van der Waals surface area contributed by atoms with Gasteiger partial charge in [0.2, 0.25) is 0 Å². The van der Waals surface area contributed by atoms with E-state index in [0.717, 1.165) is 17.7 Å². The molecule has 1 amide bonds. The van der Waals surface area contributed by atoms with Gasteiger partial charge in [-0.3, -0.25) is 14.8 Å². The number of aromatic nitrogens is 2. The van der Waals surface area contributed by atoms with E-state index in [1.807, 2.05) is 0 Å². The van der Waals surface area contributed by atoms with E-state index in [2.05, 4.69) is 20.3 Å². The number of carbonyl (C=O) groups excluding carboxylic acids is 1. The van der Waals surface area contributed by atoms with Crippen LogP contribution >= 0.6 is 0 Å². The van der Waals surface area contributed by atoms with E-state index in [9.17, 15) is 18.0 Å². The largest absolute Gasteiger partial charge is 0.416 e. The van der Waals surface area contributed by atoms with Crippen molar-refractivity contribution >= 4 is 23.1 Å². The fourth-order valence-electron chi connectivity index (χ4n) is 2.99. The maximum Gasteiger partial charge on any atom is 0.416 e. The van der Waals surface area contributed by atoms with Crippen molar-refractivity contribution in [1.29, 1.82) is 0 Å². The summed E-state index contributed by atoms with van der Waals surface area (Å²) in [5.41, 5.74) is 1.69. The summed E-state index contributed by atoms with van der Waals surface area (Å²) in [5, 5.41) is 2.64. The first kappa shape index (κ1) is 17.8. The molecule has 8 heteroatoms. The molecule has 1 aliphatic heterocycles. The third kappa shape index (κ3) is 3.48. The average Bonchev–Trinajstić information content (AvgIpc) is 3.12. The van der Waals surface area contributed by atoms with Gasteiger partial charge in [0.15, 0.2) is 5.82 Å². The highest BCUT2D eigenvalue weighted by molar-refractivity contribution is 6.13. The maximum atomic E-state index is 13.0. The Morgan fingerprint density at radius 2 is 1.89 bits per heavy atom. The molecule has 1 aliphatic rings. The van der Waals surface area contributed by atoms with Crippen molar-refractivity contribution in [3.05, 3.63) is 83.3 Å². The number of para-hydroxylation sites is 1. The summed E-state index contributed by atoms with van der Waals surface area (Å²) in [6, 6.07) is 10.2. The highest BCUT2D eigenvalue weighted by Gasteiger charge is 2.31. The zero-order chi connectivity index (χ0) is 19.7. The highest BCUT2D eigenvalue weighted by Crippen LogP contribution is 2.34. The summed E-state index contributed by atoms with van der Waals surface area (Å²) in [5.74, 6) is -0.114. The van der Waals surface area contributed by atoms with Gasteiger partial charge in [-0.15, -0.1) is 0 Å². The molecule has 1 aromatic heterocycles. The predicted octanol–water partition coefficient (Wildman–Crippen LogP) is 4.42. The number of hydrogen-bond donors (Lipinski definition) is 1. The van der Waals surface area contributed by atoms with Crippen molar-refractivity contribution in [2.45, 2.75) is 12.6 Å². The number of carbonyl (C=O) groups is 1. The number of fused-ring (bicyclic) bond motifs is 1. The second-order valence-corrected chi connectivity index (χ2v) is 6.17. The van der Waals surface area contributed by atoms with Gasteiger partial charge < -0.3 is 5.32 Å². The van der Waals surface area contributed by atoms with Crippen molar-refractivity contribution in [3.8, 4) is 0 Å². The van der Waals surface area contributed by atoms with Crippen LogP contribution in [0.1, 0.15) is 27.0 Å². The first-order chi connectivity index (χ1) is 13.4. The van der Waals surface area contributed by atoms with Gasteiger partial charge in [-0.1, -0.05) is 24.3 Å². The Balaban J connectivity index is 1.66. The summed E-state index contributed by atoms with van der Waals surface area (Å²) in [4.78, 5) is 24.9. The van der Waals surface area contributed by atoms with Crippen LogP contribution in [0.15, 0.2) is 66.0 Å². The van der Waals surface area contributed by atoms with Crippen LogP contribution in [-0.2, 0) is 12.6 Å². The zero-order valence-electron chi connectivity index (χ0n) is 14.4. The second kappa shape index (κ2) is 6.88. The fourth-order valence-corrected chi connectivity index (χ4v) is 2.99. The van der Waals surface area contributed by atoms with Crippen molar-refractivity contribution < 1.29 is 18.0 Å². The lowest BCUT2D eigenvalue weighted by Gasteiger charge is -2.08. The molecule has 0 radical (unpaired) electrons. The van der Waals surface area contributed by atoms with Gasteiger partial charge in [0.05, 0.1) is 28.7 Å². The Morgan fingerprint density at radius 1 is 1.07 bits per heavy atom. The molecule has 3 aromatic rings. The molecule has 0 saturated carbocycles. The van der Waals surface area contributed by atoms with Crippen molar-refractivity contribution in [1.82, 2.24) is 9.97 Å². The molecule has 0 spiro atoms. The Bertz CT molecular complexity index is 1080. The number of nitrogens with zero attached hydrogens (tertiary/aromatic N) is 3. The molecule has 4 rings (SSSR count). The van der Waals surface area contributed by atoms with Crippen molar-refractivity contribution in [2.24, 2.45) is 4.99 Å². The number of halogens is 3. The van der Waals surface area contributed by atoms with Crippen LogP contribution in [0.2, 0.25) is 0 Å². The molecule has 0 aliphatic carbocycles. The Kier molecular flexibility index (Phi) is 4.38. The Labute approximate surface area is 158 Å². The molecular weight excluding hydrogens is 369 g/mol. The summed E-state index contributed by atoms with van der Waals surface area (Å²) in [7, 11) is 0. The molecule has 0 bridgehead atoms. The molecule has 0 atom stereocenters. The van der Waals surface area contributed by atoms with Crippen LogP contribution in [0.5, 0.6) is 0 Å². The summed E-state index contributed by atoms with van der Waals surface area (Å²) >= 11 is 0. The van der Waals surface area contributed by atoms with Crippen LogP contribution in [0.3, 0.4) is 0 Å². The molecular formula is C20H13F3N4O. The average molecular weight is 382 g/mol. The molecule has 1 N–H and O–H groups in total. The van der Waals surface area contributed by atoms with Gasteiger partial charge in [0.1, 0.15) is 0 Å². The predicted molar refractivity (Wildman–Crippen MR) is 97.8 cm³/mol. The van der Waals surface area contributed by atoms with Gasteiger partial charge in [0, 0.05) is 18.8 Å². The van der Waals surface area contributed by atoms with Gasteiger partial charge in [-0.25, -0.2) is 4.98 Å². The standard InChI is InChI=1S/C20H13F3N4O/c21-20(22,23)14-5-1-3-12(9-14)16-10-13-4-2-6-15(18(13)26-16)19(28)27-17-11-24-7-8-25-17/h1-9,11H,10H2,(H,25,27,28). The number of anilines is 1. The number of alkyl halides is 3. The lowest BCUT2D eigenvalue weighted by Crippen LogP contribution is -2.13. The molecule has 140 valence electrons. The molecule has 5 nitrogen and oxygen atoms in total. The van der Waals surface area contributed by atoms with Crippen LogP contribution in [0.4, 0.5) is 24.7 Å². The quantitative estimate of drug-likeness (QED) is 0.729. The minimum Gasteiger partial charge on any atom is -0.305 e. The van der Waals surface area contributed by atoms with Crippen LogP contribution in [0.25, 0.3) is 0 Å². The third-order valence-corrected chi connectivity index (χ3v) is 4.30. The van der Waals surface area contributed by atoms with E-state index in [4.69, 9.17) is 0 Å². The van der Waals surface area contributed by atoms with Crippen LogP contribution in [0, 0.1) is 0 Å². The minimum atomic E-state index is -4.43. The first-order valence-corrected chi connectivity index (χ1v) is 8.36. The SMILES string of the molecule is O=C(Nc1cnccn1)c1cccc2c1N=C(c1cccc(C(F)(F)F)c1)C2. The second-order valence-electron chi connectivity index (χ2n) is 6.17. The van der Waals surface area contributed by atoms with Gasteiger partial charge in [-0.05, 0) is 29.3 Å². The van der Waals surface area contributed by atoms with E-state index < -0.39 is 17.6 Å². The molecule has 28 heavy (non-hydrogen) atoms. The number of aliphatic imine (C=N–C) groups is 1. The normalized spacial score (nSPS) is 13.0. The highest BCUT2D eigenvalue weighted by atomic mass is 19.4. The van der Waals surface area contributed by atoms with Crippen LogP contribution in [-0.4, -0.2) is 21.6 Å². The molecule has 2 aromatic carbocycles. The fraction of sp³-hybridized carbons (Fsp3) is 0.100. The summed E-state index contributed by atoms with van der Waals surface area (Å²) in [6.07, 6.45) is 0.279. The molecule has 0 fully saturated rings. The van der Waals surface area contributed by atoms with Gasteiger partial charge >= 0.3 is 6.18 Å². The van der Waals surface area contributed by atoms with E-state index in [1.165, 1.54) is 24.7 Å². The maximum absolute atomic E-state index is 13.0. The minimum absolute atomic E-state index is 0.296. The van der Waals surface area contributed by atoms with Crippen molar-refractivity contribution in [2.75, 3.05) is 5.32 Å². The summed E-state index contributed by atoms with van der Waals surface area (Å²) in [6.45, 7) is 0. The molecule has 0 saturated heterocycles. The first-order valence-electron chi connectivity index (χ1n) is 8.36. The third-order valence-electron chi connectivity index (χ3n) is 4.30. The van der Waals surface area contributed by atoms with Gasteiger partial charge in [0.25, 0.3) is 5.91 Å². The molecule has 2 heterocycles. The smallest absolute Gasteiger partial charge is 0.305 e. The Morgan fingerprint density at radius 3 is 2.64 bits per heavy atom. The number of benzene rings is 2. The number of rotatable bonds is 3. The Hall–Kier alpha value is -3.55. The van der Waals surface area contributed by atoms with Crippen molar-refractivity contribution in [3.63, 3.8) is 0 Å². The number of nitrogens with one attached hydrogen (secondary N) is 1. The van der Waals surface area contributed by atoms with Gasteiger partial charge in [-0.2, -0.15) is 13.2 Å². The zero-order valence-corrected chi connectivity index (χ0v) is 14.4. The lowest BCUT2D eigenvalue weighted by atomic mass is 10.0. The number of amides is 1. The monoisotopic (exact) mass is 382 g/mol. The van der Waals surface area contributed by atoms with E-state index in [1.54, 1.807) is 24.3 Å². The molecule has 0 unspecified atom stereocenters. The lowest BCUT2D eigenvalue weighted by molar-refractivity contribution is -0.137. The topological polar surface area (TPSA) is 67.2 Å². The summed E-state index contributed by atoms with van der Waals surface area (Å²) < 4.78 is 39.0.